The van der Waals surface area contributed by atoms with Crippen molar-refractivity contribution >= 4 is 15.9 Å². The Bertz CT molecular complexity index is 750. The molecule has 2 aliphatic rings. The molecule has 0 aliphatic carbocycles. The predicted octanol–water partition coefficient (Wildman–Crippen LogP) is 2.70. The van der Waals surface area contributed by atoms with E-state index >= 15 is 0 Å². The Kier molecular flexibility index (Phi) is 4.28. The summed E-state index contributed by atoms with van der Waals surface area (Å²) >= 11 is 3.37. The molecule has 2 atom stereocenters. The molecule has 0 saturated carbocycles. The van der Waals surface area contributed by atoms with Gasteiger partial charge in [0.25, 0.3) is 0 Å². The SMILES string of the molecule is FC(F)(F)c1nnc(CN2CC3CC2CN3Cc2ccc(Br)cn2)o1. The first kappa shape index (κ1) is 16.9. The predicted molar refractivity (Wildman–Crippen MR) is 84.3 cm³/mol. The van der Waals surface area contributed by atoms with Crippen LogP contribution < -0.4 is 0 Å². The van der Waals surface area contributed by atoms with Crippen LogP contribution in [0.25, 0.3) is 0 Å². The van der Waals surface area contributed by atoms with Gasteiger partial charge < -0.3 is 4.42 Å². The van der Waals surface area contributed by atoms with E-state index in [1.807, 2.05) is 12.1 Å². The van der Waals surface area contributed by atoms with Crippen molar-refractivity contribution in [2.75, 3.05) is 13.1 Å². The average Bonchev–Trinajstić information content (AvgIpc) is 3.25. The number of nitrogens with zero attached hydrogens (tertiary/aromatic N) is 5. The highest BCUT2D eigenvalue weighted by atomic mass is 79.9. The zero-order chi connectivity index (χ0) is 17.6. The fourth-order valence-corrected chi connectivity index (χ4v) is 3.77. The first-order valence-corrected chi connectivity index (χ1v) is 8.66. The molecule has 4 heterocycles. The number of hydrogen-bond donors (Lipinski definition) is 0. The summed E-state index contributed by atoms with van der Waals surface area (Å²) in [4.78, 5) is 8.88. The lowest BCUT2D eigenvalue weighted by Gasteiger charge is -2.33. The van der Waals surface area contributed by atoms with Crippen molar-refractivity contribution < 1.29 is 17.6 Å². The first-order valence-electron chi connectivity index (χ1n) is 7.86. The molecule has 0 spiro atoms. The molecule has 6 nitrogen and oxygen atoms in total. The fourth-order valence-electron chi connectivity index (χ4n) is 3.53. The van der Waals surface area contributed by atoms with Crippen molar-refractivity contribution in [3.8, 4) is 0 Å². The van der Waals surface area contributed by atoms with E-state index in [2.05, 4.69) is 40.9 Å². The van der Waals surface area contributed by atoms with Crippen LogP contribution in [-0.2, 0) is 19.3 Å². The van der Waals surface area contributed by atoms with Crippen molar-refractivity contribution in [1.82, 2.24) is 25.0 Å². The molecule has 2 aromatic rings. The number of piperazine rings is 1. The second kappa shape index (κ2) is 6.33. The highest BCUT2D eigenvalue weighted by molar-refractivity contribution is 9.10. The van der Waals surface area contributed by atoms with Crippen LogP contribution in [0.1, 0.15) is 23.9 Å². The minimum Gasteiger partial charge on any atom is -0.416 e. The summed E-state index contributed by atoms with van der Waals surface area (Å²) in [5.41, 5.74) is 1.01. The summed E-state index contributed by atoms with van der Waals surface area (Å²) in [5, 5.41) is 6.60. The summed E-state index contributed by atoms with van der Waals surface area (Å²) < 4.78 is 43.2. The van der Waals surface area contributed by atoms with Crippen LogP contribution in [0.15, 0.2) is 27.2 Å². The third-order valence-corrected chi connectivity index (χ3v) is 5.14. The largest absolute Gasteiger partial charge is 0.470 e. The van der Waals surface area contributed by atoms with Gasteiger partial charge >= 0.3 is 12.1 Å². The number of fused-ring (bicyclic) bond motifs is 2. The van der Waals surface area contributed by atoms with Gasteiger partial charge in [0, 0.05) is 42.4 Å². The molecule has 2 aromatic heterocycles. The Morgan fingerprint density at radius 2 is 1.84 bits per heavy atom. The standard InChI is InChI=1S/C15H15BrF3N5O/c16-9-1-2-10(20-4-9)5-23-6-12-3-11(23)7-24(12)8-13-21-22-14(25-13)15(17,18)19/h1-2,4,11-12H,3,5-8H2. The Hall–Kier alpha value is -1.52. The van der Waals surface area contributed by atoms with E-state index in [0.717, 1.165) is 36.2 Å². The van der Waals surface area contributed by atoms with E-state index in [1.165, 1.54) is 0 Å². The quantitative estimate of drug-likeness (QED) is 0.762. The van der Waals surface area contributed by atoms with Gasteiger partial charge in [0.2, 0.25) is 5.89 Å². The summed E-state index contributed by atoms with van der Waals surface area (Å²) in [5.74, 6) is -1.27. The molecular weight excluding hydrogens is 403 g/mol. The van der Waals surface area contributed by atoms with Gasteiger partial charge in [0.1, 0.15) is 0 Å². The van der Waals surface area contributed by atoms with Crippen molar-refractivity contribution in [3.63, 3.8) is 0 Å². The Morgan fingerprint density at radius 1 is 1.12 bits per heavy atom. The van der Waals surface area contributed by atoms with Crippen molar-refractivity contribution in [3.05, 3.63) is 40.3 Å². The minimum atomic E-state index is -4.59. The van der Waals surface area contributed by atoms with Crippen molar-refractivity contribution in [2.45, 2.75) is 37.8 Å². The lowest BCUT2D eigenvalue weighted by molar-refractivity contribution is -0.157. The number of hydrogen-bond acceptors (Lipinski definition) is 6. The van der Waals surface area contributed by atoms with Crippen LogP contribution in [0.3, 0.4) is 0 Å². The van der Waals surface area contributed by atoms with Crippen LogP contribution in [-0.4, -0.2) is 50.2 Å². The summed E-state index contributed by atoms with van der Waals surface area (Å²) in [6, 6.07) is 4.63. The second-order valence-electron chi connectivity index (χ2n) is 6.37. The molecule has 0 radical (unpaired) electrons. The average molecular weight is 418 g/mol. The summed E-state index contributed by atoms with van der Waals surface area (Å²) in [6.45, 7) is 2.68. The topological polar surface area (TPSA) is 58.3 Å². The van der Waals surface area contributed by atoms with Gasteiger partial charge in [0.15, 0.2) is 0 Å². The first-order chi connectivity index (χ1) is 11.9. The van der Waals surface area contributed by atoms with Gasteiger partial charge in [-0.05, 0) is 34.5 Å². The number of likely N-dealkylation sites (tertiary alicyclic amines) is 2. The van der Waals surface area contributed by atoms with E-state index in [0.29, 0.717) is 12.1 Å². The Balaban J connectivity index is 1.35. The number of aromatic nitrogens is 3. The highest BCUT2D eigenvalue weighted by Crippen LogP contribution is 2.33. The number of alkyl halides is 3. The maximum Gasteiger partial charge on any atom is 0.470 e. The smallest absolute Gasteiger partial charge is 0.416 e. The van der Waals surface area contributed by atoms with Crippen LogP contribution >= 0.6 is 15.9 Å². The minimum absolute atomic E-state index is 0.0148. The van der Waals surface area contributed by atoms with Crippen molar-refractivity contribution in [1.29, 1.82) is 0 Å². The molecule has 134 valence electrons. The van der Waals surface area contributed by atoms with E-state index in [-0.39, 0.29) is 12.4 Å². The molecule has 2 saturated heterocycles. The molecule has 4 rings (SSSR count). The van der Waals surface area contributed by atoms with Crippen LogP contribution in [0.4, 0.5) is 13.2 Å². The molecule has 2 bridgehead atoms. The molecular formula is C15H15BrF3N5O. The molecule has 0 aromatic carbocycles. The molecule has 2 fully saturated rings. The van der Waals surface area contributed by atoms with E-state index < -0.39 is 12.1 Å². The number of halogens is 4. The second-order valence-corrected chi connectivity index (χ2v) is 7.28. The summed E-state index contributed by atoms with van der Waals surface area (Å²) in [6.07, 6.45) is -1.82. The van der Waals surface area contributed by atoms with Gasteiger partial charge in [-0.15, -0.1) is 10.2 Å². The Morgan fingerprint density at radius 3 is 2.40 bits per heavy atom. The van der Waals surface area contributed by atoms with Gasteiger partial charge in [-0.2, -0.15) is 13.2 Å². The molecule has 2 aliphatic heterocycles. The molecule has 25 heavy (non-hydrogen) atoms. The van der Waals surface area contributed by atoms with E-state index in [1.54, 1.807) is 6.20 Å². The molecule has 0 N–H and O–H groups in total. The lowest BCUT2D eigenvalue weighted by Crippen LogP contribution is -2.45. The number of rotatable bonds is 4. The maximum absolute atomic E-state index is 12.5. The van der Waals surface area contributed by atoms with Gasteiger partial charge in [0.05, 0.1) is 12.2 Å². The monoisotopic (exact) mass is 417 g/mol. The van der Waals surface area contributed by atoms with Crippen LogP contribution in [0.5, 0.6) is 0 Å². The van der Waals surface area contributed by atoms with Gasteiger partial charge in [-0.1, -0.05) is 0 Å². The van der Waals surface area contributed by atoms with Crippen LogP contribution in [0.2, 0.25) is 0 Å². The maximum atomic E-state index is 12.5. The third kappa shape index (κ3) is 3.56. The molecule has 10 heteroatoms. The third-order valence-electron chi connectivity index (χ3n) is 4.67. The highest BCUT2D eigenvalue weighted by Gasteiger charge is 2.44. The molecule has 0 amide bonds. The molecule has 2 unspecified atom stereocenters. The summed E-state index contributed by atoms with van der Waals surface area (Å²) in [7, 11) is 0. The van der Waals surface area contributed by atoms with E-state index in [9.17, 15) is 13.2 Å². The normalized spacial score (nSPS) is 24.3. The fraction of sp³-hybridized carbons (Fsp3) is 0.533. The van der Waals surface area contributed by atoms with Crippen LogP contribution in [0, 0.1) is 0 Å². The Labute approximate surface area is 150 Å². The number of pyridine rings is 1. The zero-order valence-electron chi connectivity index (χ0n) is 13.1. The zero-order valence-corrected chi connectivity index (χ0v) is 14.7. The van der Waals surface area contributed by atoms with Crippen molar-refractivity contribution in [2.24, 2.45) is 0 Å². The van der Waals surface area contributed by atoms with E-state index in [4.69, 9.17) is 4.42 Å². The van der Waals surface area contributed by atoms with Gasteiger partial charge in [-0.3, -0.25) is 14.8 Å². The van der Waals surface area contributed by atoms with Gasteiger partial charge in [-0.25, -0.2) is 0 Å². The lowest BCUT2D eigenvalue weighted by atomic mass is 10.2.